The van der Waals surface area contributed by atoms with Crippen LogP contribution in [0.25, 0.3) is 0 Å². The third-order valence-electron chi connectivity index (χ3n) is 8.95. The highest BCUT2D eigenvalue weighted by molar-refractivity contribution is 7.89. The molecule has 4 rings (SSSR count). The predicted octanol–water partition coefficient (Wildman–Crippen LogP) is 6.77. The molecule has 3 aromatic rings. The van der Waals surface area contributed by atoms with E-state index >= 15 is 0 Å². The molecule has 3 aromatic carbocycles. The van der Waals surface area contributed by atoms with Crippen LogP contribution in [0.5, 0.6) is 5.75 Å². The van der Waals surface area contributed by atoms with E-state index in [9.17, 15) is 36.3 Å². The number of hydrogen-bond acceptors (Lipinski definition) is 7. The van der Waals surface area contributed by atoms with Gasteiger partial charge in [0.25, 0.3) is 5.91 Å². The van der Waals surface area contributed by atoms with Crippen molar-refractivity contribution in [2.24, 2.45) is 5.92 Å². The van der Waals surface area contributed by atoms with Gasteiger partial charge in [-0.15, -0.1) is 0 Å². The number of aliphatic hydroxyl groups excluding tert-OH is 1. The Hall–Kier alpha value is -4.18. The van der Waals surface area contributed by atoms with E-state index < -0.39 is 51.8 Å². The molecule has 4 atom stereocenters. The van der Waals surface area contributed by atoms with Crippen molar-refractivity contribution in [2.45, 2.75) is 76.3 Å². The molecule has 284 valence electrons. The molecule has 52 heavy (non-hydrogen) atoms. The van der Waals surface area contributed by atoms with E-state index in [-0.39, 0.29) is 53.4 Å². The maximum atomic E-state index is 14.4. The zero-order chi connectivity index (χ0) is 38.2. The van der Waals surface area contributed by atoms with Gasteiger partial charge in [0, 0.05) is 44.0 Å². The number of carbonyl (C=O) groups is 2. The number of sulfonamides is 1. The average molecular weight is 749 g/mol. The summed E-state index contributed by atoms with van der Waals surface area (Å²) in [5, 5.41) is 15.3. The molecule has 0 bridgehead atoms. The minimum Gasteiger partial charge on any atom is -0.490 e. The fourth-order valence-corrected chi connectivity index (χ4v) is 6.92. The highest BCUT2D eigenvalue weighted by Crippen LogP contribution is 2.31. The number of aliphatic hydroxyl groups is 1. The summed E-state index contributed by atoms with van der Waals surface area (Å²) < 4.78 is 79.6. The average Bonchev–Trinajstić information content (AvgIpc) is 3.09. The topological polar surface area (TPSA) is 138 Å². The molecule has 1 aliphatic rings. The lowest BCUT2D eigenvalue weighted by atomic mass is 10.0. The van der Waals surface area contributed by atoms with Gasteiger partial charge in [-0.25, -0.2) is 13.2 Å². The Morgan fingerprint density at radius 2 is 1.65 bits per heavy atom. The molecule has 0 unspecified atom stereocenters. The molecule has 1 aliphatic heterocycles. The number of likely N-dealkylation sites (N-methyl/N-ethyl adjacent to an activating group) is 1. The number of fused-ring (bicyclic) bond motifs is 1. The summed E-state index contributed by atoms with van der Waals surface area (Å²) in [6.07, 6.45) is -3.38. The summed E-state index contributed by atoms with van der Waals surface area (Å²) in [4.78, 5) is 28.8. The highest BCUT2D eigenvalue weighted by Gasteiger charge is 2.33. The first-order chi connectivity index (χ1) is 24.5. The van der Waals surface area contributed by atoms with Crippen molar-refractivity contribution < 1.29 is 45.8 Å². The number of anilines is 2. The fourth-order valence-electron chi connectivity index (χ4n) is 5.74. The van der Waals surface area contributed by atoms with Crippen LogP contribution < -0.4 is 15.4 Å². The first-order valence-corrected chi connectivity index (χ1v) is 18.6. The van der Waals surface area contributed by atoms with Gasteiger partial charge in [0.05, 0.1) is 40.9 Å². The Kier molecular flexibility index (Phi) is 13.7. The van der Waals surface area contributed by atoms with Crippen LogP contribution in [-0.2, 0) is 20.9 Å². The van der Waals surface area contributed by atoms with Gasteiger partial charge >= 0.3 is 12.2 Å². The molecule has 0 saturated heterocycles. The van der Waals surface area contributed by atoms with Gasteiger partial charge in [0.2, 0.25) is 10.0 Å². The van der Waals surface area contributed by atoms with Crippen molar-refractivity contribution in [3.63, 3.8) is 0 Å². The molecule has 1 heterocycles. The summed E-state index contributed by atoms with van der Waals surface area (Å²) >= 11 is 0. The van der Waals surface area contributed by atoms with Crippen LogP contribution in [-0.4, -0.2) is 86.3 Å². The highest BCUT2D eigenvalue weighted by atomic mass is 32.2. The number of rotatable bonds is 8. The first kappa shape index (κ1) is 40.6. The summed E-state index contributed by atoms with van der Waals surface area (Å²) in [6, 6.07) is 13.7. The largest absolute Gasteiger partial charge is 0.490 e. The predicted molar refractivity (Wildman–Crippen MR) is 192 cm³/mol. The van der Waals surface area contributed by atoms with E-state index in [1.807, 2.05) is 20.8 Å². The fraction of sp³-hybridized carbons (Fsp3) is 0.459. The quantitative estimate of drug-likeness (QED) is 0.231. The zero-order valence-electron chi connectivity index (χ0n) is 29.9. The number of amides is 3. The lowest BCUT2D eigenvalue weighted by molar-refractivity contribution is -0.137. The van der Waals surface area contributed by atoms with Crippen LogP contribution in [0.15, 0.2) is 71.6 Å². The molecule has 0 aromatic heterocycles. The van der Waals surface area contributed by atoms with Gasteiger partial charge in [-0.05, 0) is 94.6 Å². The van der Waals surface area contributed by atoms with Crippen molar-refractivity contribution in [1.29, 1.82) is 0 Å². The Bertz CT molecular complexity index is 1770. The third kappa shape index (κ3) is 10.7. The zero-order valence-corrected chi connectivity index (χ0v) is 30.8. The summed E-state index contributed by atoms with van der Waals surface area (Å²) in [7, 11) is -2.35. The molecule has 0 spiro atoms. The van der Waals surface area contributed by atoms with Crippen molar-refractivity contribution in [2.75, 3.05) is 44.0 Å². The van der Waals surface area contributed by atoms with Crippen molar-refractivity contribution >= 4 is 33.3 Å². The van der Waals surface area contributed by atoms with Gasteiger partial charge in [-0.3, -0.25) is 4.79 Å². The minimum absolute atomic E-state index is 0.0190. The number of nitrogens with one attached hydrogen (secondary N) is 2. The Balaban J connectivity index is 1.60. The molecule has 0 aliphatic carbocycles. The number of ether oxygens (including phenoxy) is 2. The number of benzene rings is 3. The normalized spacial score (nSPS) is 20.0. The summed E-state index contributed by atoms with van der Waals surface area (Å²) in [6.45, 7) is 7.38. The summed E-state index contributed by atoms with van der Waals surface area (Å²) in [5.41, 5.74) is 0.523. The van der Waals surface area contributed by atoms with Crippen LogP contribution in [0.1, 0.15) is 61.5 Å². The Morgan fingerprint density at radius 3 is 2.29 bits per heavy atom. The van der Waals surface area contributed by atoms with Gasteiger partial charge in [-0.1, -0.05) is 24.6 Å². The molecule has 0 saturated carbocycles. The maximum absolute atomic E-state index is 14.4. The number of halogens is 3. The SMILES string of the molecule is Cc1ccc(S(=O)(=O)N(C)C[C@@H]2OCCCC[C@H](C)Oc3ccc(NC(=O)Nc4ccc(C(F)(F)F)cc4)cc3C(=O)N([C@H](C)CO)C[C@H]2C)cc1. The summed E-state index contributed by atoms with van der Waals surface area (Å²) in [5.74, 6) is -0.628. The number of alkyl halides is 3. The lowest BCUT2D eigenvalue weighted by Crippen LogP contribution is -2.48. The van der Waals surface area contributed by atoms with E-state index in [2.05, 4.69) is 10.6 Å². The number of urea groups is 1. The Morgan fingerprint density at radius 1 is 1.02 bits per heavy atom. The maximum Gasteiger partial charge on any atom is 0.416 e. The first-order valence-electron chi connectivity index (χ1n) is 17.1. The molecular weight excluding hydrogens is 701 g/mol. The number of nitrogens with zero attached hydrogens (tertiary/aromatic N) is 2. The monoisotopic (exact) mass is 748 g/mol. The van der Waals surface area contributed by atoms with Crippen molar-refractivity contribution in [1.82, 2.24) is 9.21 Å². The standard InChI is InChI=1S/C37H47F3N4O7S/c1-24-9-16-31(17-10-24)52(48,49)43(5)22-34-25(2)21-44(26(3)23-45)35(46)32-20-30(15-18-33(32)51-27(4)8-6-7-19-50-34)42-36(47)41-29-13-11-28(12-14-29)37(38,39)40/h9-18,20,25-27,34,45H,6-8,19,21-23H2,1-5H3,(H2,41,42,47)/t25-,26-,27+,34+/m1/s1. The second-order valence-electron chi connectivity index (χ2n) is 13.3. The van der Waals surface area contributed by atoms with Gasteiger partial charge in [0.1, 0.15) is 5.75 Å². The smallest absolute Gasteiger partial charge is 0.416 e. The number of hydrogen-bond donors (Lipinski definition) is 3. The second-order valence-corrected chi connectivity index (χ2v) is 15.3. The van der Waals surface area contributed by atoms with E-state index in [0.29, 0.717) is 19.4 Å². The molecular formula is C37H47F3N4O7S. The molecule has 15 heteroatoms. The number of aryl methyl sites for hydroxylation is 1. The van der Waals surface area contributed by atoms with Crippen LogP contribution >= 0.6 is 0 Å². The van der Waals surface area contributed by atoms with Crippen LogP contribution in [0, 0.1) is 12.8 Å². The molecule has 11 nitrogen and oxygen atoms in total. The van der Waals surface area contributed by atoms with E-state index in [1.165, 1.54) is 22.3 Å². The van der Waals surface area contributed by atoms with E-state index in [4.69, 9.17) is 9.47 Å². The van der Waals surface area contributed by atoms with Gasteiger partial charge in [0.15, 0.2) is 0 Å². The number of carbonyl (C=O) groups excluding carboxylic acids is 2. The molecule has 0 radical (unpaired) electrons. The minimum atomic E-state index is -4.52. The molecule has 3 N–H and O–H groups in total. The van der Waals surface area contributed by atoms with Crippen molar-refractivity contribution in [3.05, 3.63) is 83.4 Å². The van der Waals surface area contributed by atoms with Gasteiger partial charge in [-0.2, -0.15) is 17.5 Å². The van der Waals surface area contributed by atoms with Crippen LogP contribution in [0.3, 0.4) is 0 Å². The molecule has 3 amide bonds. The second kappa shape index (κ2) is 17.6. The lowest BCUT2D eigenvalue weighted by Gasteiger charge is -2.35. The Labute approximate surface area is 303 Å². The van der Waals surface area contributed by atoms with Crippen molar-refractivity contribution in [3.8, 4) is 5.75 Å². The van der Waals surface area contributed by atoms with Gasteiger partial charge < -0.3 is 30.1 Å². The van der Waals surface area contributed by atoms with Crippen LogP contribution in [0.4, 0.5) is 29.3 Å². The van der Waals surface area contributed by atoms with E-state index in [1.54, 1.807) is 43.3 Å². The molecule has 0 fully saturated rings. The third-order valence-corrected chi connectivity index (χ3v) is 10.8. The van der Waals surface area contributed by atoms with E-state index in [0.717, 1.165) is 36.2 Å². The van der Waals surface area contributed by atoms with Crippen LogP contribution in [0.2, 0.25) is 0 Å².